The number of hydrogen-bond donors (Lipinski definition) is 3. The first-order valence-corrected chi connectivity index (χ1v) is 7.05. The summed E-state index contributed by atoms with van der Waals surface area (Å²) in [5.41, 5.74) is -1.88. The molecule has 0 heterocycles. The summed E-state index contributed by atoms with van der Waals surface area (Å²) in [6, 6.07) is 1.42. The Morgan fingerprint density at radius 1 is 1.22 bits per heavy atom. The number of anilines is 1. The number of benzene rings is 1. The smallest absolute Gasteiger partial charge is 0.313 e. The number of carbonyl (C=O) groups is 2. The average Bonchev–Trinajstić information content (AvgIpc) is 2.52. The zero-order chi connectivity index (χ0) is 17.8. The molecule has 0 saturated carbocycles. The van der Waals surface area contributed by atoms with Crippen LogP contribution in [0.1, 0.15) is 27.2 Å². The molecule has 0 aliphatic heterocycles. The first kappa shape index (κ1) is 19.0. The van der Waals surface area contributed by atoms with Crippen molar-refractivity contribution in [2.45, 2.75) is 32.8 Å². The minimum Gasteiger partial charge on any atom is -0.388 e. The Hall–Kier alpha value is -2.09. The van der Waals surface area contributed by atoms with Gasteiger partial charge in [0.1, 0.15) is 0 Å². The molecule has 1 aromatic carbocycles. The SMILES string of the molecule is CC[C@@H](C)[C@](C)(O)CNC(=O)C(=O)Nc1ccc(F)c(F)c1F. The lowest BCUT2D eigenvalue weighted by atomic mass is 9.89. The summed E-state index contributed by atoms with van der Waals surface area (Å²) < 4.78 is 39.2. The van der Waals surface area contributed by atoms with Crippen molar-refractivity contribution >= 4 is 17.5 Å². The van der Waals surface area contributed by atoms with E-state index in [1.54, 1.807) is 6.92 Å². The number of amides is 2. The van der Waals surface area contributed by atoms with E-state index in [0.717, 1.165) is 6.07 Å². The van der Waals surface area contributed by atoms with Crippen LogP contribution in [0.15, 0.2) is 12.1 Å². The molecule has 2 atom stereocenters. The van der Waals surface area contributed by atoms with Crippen LogP contribution in [-0.4, -0.2) is 29.1 Å². The van der Waals surface area contributed by atoms with Gasteiger partial charge in [0.25, 0.3) is 0 Å². The summed E-state index contributed by atoms with van der Waals surface area (Å²) in [6.45, 7) is 4.96. The first-order chi connectivity index (χ1) is 10.6. The van der Waals surface area contributed by atoms with Gasteiger partial charge in [0.2, 0.25) is 0 Å². The van der Waals surface area contributed by atoms with E-state index in [1.807, 2.05) is 12.2 Å². The van der Waals surface area contributed by atoms with Crippen molar-refractivity contribution in [3.8, 4) is 0 Å². The molecule has 23 heavy (non-hydrogen) atoms. The van der Waals surface area contributed by atoms with E-state index in [4.69, 9.17) is 0 Å². The molecule has 0 spiro atoms. The second-order valence-electron chi connectivity index (χ2n) is 5.53. The molecule has 1 aromatic rings. The van der Waals surface area contributed by atoms with Crippen molar-refractivity contribution in [3.05, 3.63) is 29.6 Å². The molecule has 0 saturated heterocycles. The Balaban J connectivity index is 2.69. The third-order valence-corrected chi connectivity index (χ3v) is 3.77. The maximum absolute atomic E-state index is 13.4. The van der Waals surface area contributed by atoms with Crippen molar-refractivity contribution in [2.24, 2.45) is 5.92 Å². The lowest BCUT2D eigenvalue weighted by molar-refractivity contribution is -0.137. The van der Waals surface area contributed by atoms with Gasteiger partial charge >= 0.3 is 11.8 Å². The van der Waals surface area contributed by atoms with Gasteiger partial charge in [-0.1, -0.05) is 20.3 Å². The fraction of sp³-hybridized carbons (Fsp3) is 0.467. The fourth-order valence-corrected chi connectivity index (χ4v) is 1.76. The largest absolute Gasteiger partial charge is 0.388 e. The van der Waals surface area contributed by atoms with E-state index < -0.39 is 40.6 Å². The number of nitrogens with one attached hydrogen (secondary N) is 2. The highest BCUT2D eigenvalue weighted by molar-refractivity contribution is 6.39. The van der Waals surface area contributed by atoms with Crippen LogP contribution in [0.25, 0.3) is 0 Å². The number of hydrogen-bond acceptors (Lipinski definition) is 3. The van der Waals surface area contributed by atoms with Gasteiger partial charge in [-0.15, -0.1) is 0 Å². The zero-order valence-corrected chi connectivity index (χ0v) is 13.0. The number of rotatable bonds is 5. The van der Waals surface area contributed by atoms with E-state index in [1.165, 1.54) is 6.92 Å². The van der Waals surface area contributed by atoms with E-state index >= 15 is 0 Å². The summed E-state index contributed by atoms with van der Waals surface area (Å²) in [4.78, 5) is 23.3. The summed E-state index contributed by atoms with van der Waals surface area (Å²) in [5, 5.41) is 14.2. The molecule has 0 bridgehead atoms. The number of halogens is 3. The lowest BCUT2D eigenvalue weighted by Crippen LogP contribution is -2.47. The number of carbonyl (C=O) groups excluding carboxylic acids is 2. The molecule has 0 radical (unpaired) electrons. The van der Waals surface area contributed by atoms with E-state index in [2.05, 4.69) is 5.32 Å². The highest BCUT2D eigenvalue weighted by Gasteiger charge is 2.28. The standard InChI is InChI=1S/C15H19F3N2O3/c1-4-8(2)15(3,23)7-19-13(21)14(22)20-10-6-5-9(16)11(17)12(10)18/h5-6,8,23H,4,7H2,1-3H3,(H,19,21)(H,20,22)/t8-,15-/m1/s1. The van der Waals surface area contributed by atoms with Gasteiger partial charge in [0.15, 0.2) is 17.5 Å². The maximum Gasteiger partial charge on any atom is 0.313 e. The Labute approximate surface area is 131 Å². The molecule has 0 unspecified atom stereocenters. The van der Waals surface area contributed by atoms with E-state index in [0.29, 0.717) is 12.5 Å². The van der Waals surface area contributed by atoms with Crippen molar-refractivity contribution in [1.29, 1.82) is 0 Å². The zero-order valence-electron chi connectivity index (χ0n) is 13.0. The molecule has 2 amide bonds. The predicted molar refractivity (Wildman–Crippen MR) is 78.0 cm³/mol. The van der Waals surface area contributed by atoms with Crippen molar-refractivity contribution in [1.82, 2.24) is 5.32 Å². The molecule has 0 aromatic heterocycles. The van der Waals surface area contributed by atoms with Gasteiger partial charge in [-0.25, -0.2) is 13.2 Å². The van der Waals surface area contributed by atoms with Crippen LogP contribution in [0.3, 0.4) is 0 Å². The van der Waals surface area contributed by atoms with Gasteiger partial charge < -0.3 is 15.7 Å². The maximum atomic E-state index is 13.4. The third-order valence-electron chi connectivity index (χ3n) is 3.77. The Morgan fingerprint density at radius 2 is 1.83 bits per heavy atom. The van der Waals surface area contributed by atoms with Crippen molar-refractivity contribution < 1.29 is 27.9 Å². The molecular formula is C15H19F3N2O3. The molecule has 5 nitrogen and oxygen atoms in total. The highest BCUT2D eigenvalue weighted by Crippen LogP contribution is 2.20. The van der Waals surface area contributed by atoms with Crippen LogP contribution in [-0.2, 0) is 9.59 Å². The normalized spacial score (nSPS) is 14.7. The third kappa shape index (κ3) is 4.69. The first-order valence-electron chi connectivity index (χ1n) is 7.05. The van der Waals surface area contributed by atoms with Crippen LogP contribution < -0.4 is 10.6 Å². The highest BCUT2D eigenvalue weighted by atomic mass is 19.2. The monoisotopic (exact) mass is 332 g/mol. The van der Waals surface area contributed by atoms with Crippen LogP contribution in [0, 0.1) is 23.4 Å². The average molecular weight is 332 g/mol. The van der Waals surface area contributed by atoms with Crippen LogP contribution in [0.5, 0.6) is 0 Å². The summed E-state index contributed by atoms with van der Waals surface area (Å²) >= 11 is 0. The van der Waals surface area contributed by atoms with Crippen molar-refractivity contribution in [2.75, 3.05) is 11.9 Å². The van der Waals surface area contributed by atoms with Crippen LogP contribution in [0.4, 0.5) is 18.9 Å². The molecule has 8 heteroatoms. The Morgan fingerprint density at radius 3 is 2.39 bits per heavy atom. The second kappa shape index (κ2) is 7.45. The van der Waals surface area contributed by atoms with E-state index in [-0.39, 0.29) is 12.5 Å². The minimum atomic E-state index is -1.75. The molecule has 1 rings (SSSR count). The summed E-state index contributed by atoms with van der Waals surface area (Å²) in [7, 11) is 0. The van der Waals surface area contributed by atoms with Gasteiger partial charge in [-0.3, -0.25) is 9.59 Å². The molecule has 0 aliphatic carbocycles. The van der Waals surface area contributed by atoms with Crippen LogP contribution in [0.2, 0.25) is 0 Å². The molecular weight excluding hydrogens is 313 g/mol. The minimum absolute atomic E-state index is 0.130. The molecule has 128 valence electrons. The van der Waals surface area contributed by atoms with Crippen LogP contribution >= 0.6 is 0 Å². The Kier molecular flexibility index (Phi) is 6.14. The molecule has 0 fully saturated rings. The molecule has 3 N–H and O–H groups in total. The lowest BCUT2D eigenvalue weighted by Gasteiger charge is -2.29. The topological polar surface area (TPSA) is 78.4 Å². The molecule has 0 aliphatic rings. The quantitative estimate of drug-likeness (QED) is 0.570. The fourth-order valence-electron chi connectivity index (χ4n) is 1.76. The Bertz CT molecular complexity index is 606. The van der Waals surface area contributed by atoms with E-state index in [9.17, 15) is 27.9 Å². The second-order valence-corrected chi connectivity index (χ2v) is 5.53. The van der Waals surface area contributed by atoms with Gasteiger partial charge in [0.05, 0.1) is 11.3 Å². The van der Waals surface area contributed by atoms with Gasteiger partial charge in [-0.05, 0) is 25.0 Å². The summed E-state index contributed by atoms with van der Waals surface area (Å²) in [6.07, 6.45) is 0.662. The van der Waals surface area contributed by atoms with Gasteiger partial charge in [-0.2, -0.15) is 0 Å². The van der Waals surface area contributed by atoms with Crippen molar-refractivity contribution in [3.63, 3.8) is 0 Å². The summed E-state index contributed by atoms with van der Waals surface area (Å²) in [5.74, 6) is -7.27. The number of aliphatic hydroxyl groups is 1. The predicted octanol–water partition coefficient (Wildman–Crippen LogP) is 1.96. The van der Waals surface area contributed by atoms with Gasteiger partial charge in [0, 0.05) is 6.54 Å².